The molecule has 3 aromatic carbocycles. The number of carbonyl (C=O) groups excluding carboxylic acids is 2. The summed E-state index contributed by atoms with van der Waals surface area (Å²) in [5.74, 6) is -1.42. The number of benzene rings is 3. The first-order chi connectivity index (χ1) is 17.5. The van der Waals surface area contributed by atoms with Gasteiger partial charge in [-0.25, -0.2) is 4.79 Å². The maximum Gasteiger partial charge on any atom is 0.573 e. The van der Waals surface area contributed by atoms with Gasteiger partial charge in [0.2, 0.25) is 0 Å². The lowest BCUT2D eigenvalue weighted by molar-refractivity contribution is -0.274. The third-order valence-corrected chi connectivity index (χ3v) is 6.52. The van der Waals surface area contributed by atoms with Gasteiger partial charge in [0.05, 0.1) is 11.2 Å². The minimum Gasteiger partial charge on any atom is -0.405 e. The highest BCUT2D eigenvalue weighted by atomic mass is 79.9. The Balaban J connectivity index is 1.37. The second-order valence-electron chi connectivity index (χ2n) is 8.53. The number of urea groups is 1. The summed E-state index contributed by atoms with van der Waals surface area (Å²) in [7, 11) is 0. The quantitative estimate of drug-likeness (QED) is 0.341. The van der Waals surface area contributed by atoms with Gasteiger partial charge in [0, 0.05) is 28.9 Å². The second kappa shape index (κ2) is 10.8. The lowest BCUT2D eigenvalue weighted by atomic mass is 9.84. The monoisotopic (exact) mass is 577 g/mol. The van der Waals surface area contributed by atoms with Crippen molar-refractivity contribution in [3.05, 3.63) is 88.4 Å². The first-order valence-corrected chi connectivity index (χ1v) is 12.1. The second-order valence-corrected chi connectivity index (χ2v) is 9.45. The first-order valence-electron chi connectivity index (χ1n) is 11.3. The summed E-state index contributed by atoms with van der Waals surface area (Å²) in [6.07, 6.45) is -4.20. The Bertz CT molecular complexity index is 1280. The van der Waals surface area contributed by atoms with E-state index in [0.29, 0.717) is 31.6 Å². The Morgan fingerprint density at radius 2 is 1.54 bits per heavy atom. The minimum absolute atomic E-state index is 0.271. The van der Waals surface area contributed by atoms with Crippen LogP contribution in [0.1, 0.15) is 28.8 Å². The first kappa shape index (κ1) is 26.5. The third-order valence-electron chi connectivity index (χ3n) is 5.99. The van der Waals surface area contributed by atoms with E-state index in [-0.39, 0.29) is 17.3 Å². The van der Waals surface area contributed by atoms with Crippen LogP contribution in [0.25, 0.3) is 0 Å². The highest BCUT2D eigenvalue weighted by Crippen LogP contribution is 2.34. The van der Waals surface area contributed by atoms with Crippen molar-refractivity contribution in [1.82, 2.24) is 4.90 Å². The smallest absolute Gasteiger partial charge is 0.405 e. The van der Waals surface area contributed by atoms with E-state index in [4.69, 9.17) is 0 Å². The highest BCUT2D eigenvalue weighted by Gasteiger charge is 2.35. The van der Waals surface area contributed by atoms with E-state index in [0.717, 1.165) is 16.1 Å². The van der Waals surface area contributed by atoms with Gasteiger partial charge in [-0.05, 0) is 60.9 Å². The van der Waals surface area contributed by atoms with Gasteiger partial charge in [0.1, 0.15) is 5.75 Å². The molecule has 1 heterocycles. The van der Waals surface area contributed by atoms with E-state index in [1.54, 1.807) is 23.1 Å². The fourth-order valence-electron chi connectivity index (χ4n) is 4.07. The summed E-state index contributed by atoms with van der Waals surface area (Å²) < 4.78 is 42.9. The van der Waals surface area contributed by atoms with Crippen molar-refractivity contribution < 1.29 is 32.6 Å². The van der Waals surface area contributed by atoms with Crippen molar-refractivity contribution in [2.45, 2.75) is 24.8 Å². The number of carbonyl (C=O) groups is 2. The Labute approximate surface area is 219 Å². The number of anilines is 2. The average Bonchev–Trinajstić information content (AvgIpc) is 2.84. The predicted octanol–water partition coefficient (Wildman–Crippen LogP) is 6.12. The number of rotatable bonds is 5. The summed E-state index contributed by atoms with van der Waals surface area (Å²) in [6, 6.07) is 18.3. The molecule has 1 aliphatic heterocycles. The van der Waals surface area contributed by atoms with Gasteiger partial charge < -0.3 is 25.4 Å². The summed E-state index contributed by atoms with van der Waals surface area (Å²) in [4.78, 5) is 27.0. The molecule has 0 spiro atoms. The molecule has 0 aliphatic carbocycles. The van der Waals surface area contributed by atoms with Crippen LogP contribution in [0.4, 0.5) is 29.3 Å². The number of nitrogens with zero attached hydrogens (tertiary/aromatic N) is 1. The Morgan fingerprint density at radius 3 is 2.19 bits per heavy atom. The number of hydrogen-bond donors (Lipinski definition) is 3. The van der Waals surface area contributed by atoms with Crippen LogP contribution in [0.5, 0.6) is 5.75 Å². The van der Waals surface area contributed by atoms with Crippen molar-refractivity contribution in [1.29, 1.82) is 0 Å². The molecule has 3 N–H and O–H groups in total. The van der Waals surface area contributed by atoms with Crippen LogP contribution in [-0.2, 0) is 5.60 Å². The fraction of sp³-hybridized carbons (Fsp3) is 0.231. The molecule has 3 aromatic rings. The predicted molar refractivity (Wildman–Crippen MR) is 135 cm³/mol. The zero-order valence-corrected chi connectivity index (χ0v) is 21.0. The van der Waals surface area contributed by atoms with Gasteiger partial charge in [-0.15, -0.1) is 13.2 Å². The standard InChI is InChI=1S/C26H23BrF3N3O4/c27-18-10-8-17(9-11-18)25(36)12-14-33(15-13-25)24(35)32-20-5-3-4-19(16-20)31-23(34)21-6-1-2-7-22(21)37-26(28,29)30/h1-11,16,36H,12-15H2,(H,31,34)(H,32,35). The normalized spacial score (nSPS) is 15.1. The van der Waals surface area contributed by atoms with Gasteiger partial charge in [-0.3, -0.25) is 4.79 Å². The molecule has 4 rings (SSSR count). The number of likely N-dealkylation sites (tertiary alicyclic amines) is 1. The molecule has 0 radical (unpaired) electrons. The van der Waals surface area contributed by atoms with Crippen molar-refractivity contribution in [2.75, 3.05) is 23.7 Å². The van der Waals surface area contributed by atoms with E-state index in [1.807, 2.05) is 24.3 Å². The number of para-hydroxylation sites is 1. The largest absolute Gasteiger partial charge is 0.573 e. The Hall–Kier alpha value is -3.57. The molecule has 0 aromatic heterocycles. The van der Waals surface area contributed by atoms with Crippen molar-refractivity contribution in [3.8, 4) is 5.75 Å². The van der Waals surface area contributed by atoms with Crippen LogP contribution in [0, 0.1) is 0 Å². The molecule has 0 unspecified atom stereocenters. The van der Waals surface area contributed by atoms with Gasteiger partial charge in [0.15, 0.2) is 0 Å². The molecule has 0 bridgehead atoms. The van der Waals surface area contributed by atoms with Gasteiger partial charge in [-0.1, -0.05) is 46.3 Å². The zero-order valence-electron chi connectivity index (χ0n) is 19.4. The molecule has 194 valence electrons. The number of nitrogens with one attached hydrogen (secondary N) is 2. The van der Waals surface area contributed by atoms with Crippen LogP contribution < -0.4 is 15.4 Å². The van der Waals surface area contributed by atoms with Crippen molar-refractivity contribution >= 4 is 39.2 Å². The van der Waals surface area contributed by atoms with Crippen LogP contribution in [0.15, 0.2) is 77.3 Å². The van der Waals surface area contributed by atoms with E-state index in [1.165, 1.54) is 24.3 Å². The summed E-state index contributed by atoms with van der Waals surface area (Å²) in [6.45, 7) is 0.676. The molecular formula is C26H23BrF3N3O4. The molecule has 1 saturated heterocycles. The number of ether oxygens (including phenoxy) is 1. The molecular weight excluding hydrogens is 555 g/mol. The van der Waals surface area contributed by atoms with Gasteiger partial charge >= 0.3 is 12.4 Å². The Morgan fingerprint density at radius 1 is 0.919 bits per heavy atom. The third kappa shape index (κ3) is 6.80. The van der Waals surface area contributed by atoms with E-state index >= 15 is 0 Å². The number of amides is 3. The number of alkyl halides is 3. The number of halogens is 4. The van der Waals surface area contributed by atoms with E-state index in [9.17, 15) is 27.9 Å². The number of hydrogen-bond acceptors (Lipinski definition) is 4. The molecule has 37 heavy (non-hydrogen) atoms. The number of aliphatic hydroxyl groups is 1. The van der Waals surface area contributed by atoms with Crippen LogP contribution in [0.3, 0.4) is 0 Å². The lowest BCUT2D eigenvalue weighted by Crippen LogP contribution is -2.46. The molecule has 1 fully saturated rings. The number of piperidine rings is 1. The maximum absolute atomic E-state index is 12.8. The van der Waals surface area contributed by atoms with Crippen LogP contribution in [0.2, 0.25) is 0 Å². The molecule has 3 amide bonds. The molecule has 1 aliphatic rings. The zero-order chi connectivity index (χ0) is 26.6. The fourth-order valence-corrected chi connectivity index (χ4v) is 4.34. The lowest BCUT2D eigenvalue weighted by Gasteiger charge is -2.38. The summed E-state index contributed by atoms with van der Waals surface area (Å²) >= 11 is 3.38. The van der Waals surface area contributed by atoms with Crippen molar-refractivity contribution in [2.24, 2.45) is 0 Å². The molecule has 0 atom stereocenters. The summed E-state index contributed by atoms with van der Waals surface area (Å²) in [5, 5.41) is 16.3. The topological polar surface area (TPSA) is 90.9 Å². The van der Waals surface area contributed by atoms with E-state index < -0.39 is 23.6 Å². The molecule has 11 heteroatoms. The molecule has 7 nitrogen and oxygen atoms in total. The van der Waals surface area contributed by atoms with Crippen LogP contribution in [-0.4, -0.2) is 41.4 Å². The molecule has 0 saturated carbocycles. The minimum atomic E-state index is -4.94. The van der Waals surface area contributed by atoms with Crippen molar-refractivity contribution in [3.63, 3.8) is 0 Å². The average molecular weight is 578 g/mol. The maximum atomic E-state index is 12.8. The van der Waals surface area contributed by atoms with Gasteiger partial charge in [0.25, 0.3) is 5.91 Å². The van der Waals surface area contributed by atoms with Crippen LogP contribution >= 0.6 is 15.9 Å². The highest BCUT2D eigenvalue weighted by molar-refractivity contribution is 9.10. The Kier molecular flexibility index (Phi) is 7.74. The van der Waals surface area contributed by atoms with E-state index in [2.05, 4.69) is 31.3 Å². The SMILES string of the molecule is O=C(Nc1cccc(NC(=O)N2CCC(O)(c3ccc(Br)cc3)CC2)c1)c1ccccc1OC(F)(F)F. The summed E-state index contributed by atoms with van der Waals surface area (Å²) in [5.41, 5.74) is 0.139. The van der Waals surface area contributed by atoms with Gasteiger partial charge in [-0.2, -0.15) is 0 Å².